The Labute approximate surface area is 146 Å². The summed E-state index contributed by atoms with van der Waals surface area (Å²) in [7, 11) is 0. The maximum atomic E-state index is 12.5. The first-order chi connectivity index (χ1) is 11.4. The minimum absolute atomic E-state index is 0.109. The second kappa shape index (κ2) is 8.34. The summed E-state index contributed by atoms with van der Waals surface area (Å²) < 4.78 is 37.5. The summed E-state index contributed by atoms with van der Waals surface area (Å²) in [5, 5.41) is 2.32. The zero-order valence-electron chi connectivity index (χ0n) is 12.6. The second-order valence-corrected chi connectivity index (χ2v) is 6.84. The van der Waals surface area contributed by atoms with Crippen LogP contribution in [0.1, 0.15) is 10.4 Å². The van der Waals surface area contributed by atoms with E-state index < -0.39 is 11.7 Å². The van der Waals surface area contributed by atoms with Gasteiger partial charge in [-0.15, -0.1) is 17.9 Å². The van der Waals surface area contributed by atoms with Gasteiger partial charge >= 0.3 is 6.18 Å². The highest BCUT2D eigenvalue weighted by molar-refractivity contribution is 7.99. The Kier molecular flexibility index (Phi) is 6.44. The van der Waals surface area contributed by atoms with E-state index in [9.17, 15) is 18.0 Å². The number of hydrogen-bond donors (Lipinski definition) is 0. The van der Waals surface area contributed by atoms with Crippen LogP contribution in [0.4, 0.5) is 13.2 Å². The molecule has 128 valence electrons. The lowest BCUT2D eigenvalue weighted by molar-refractivity contribution is -0.138. The van der Waals surface area contributed by atoms with Gasteiger partial charge in [-0.2, -0.15) is 13.2 Å². The fraction of sp³-hybridized carbons (Fsp3) is 0.250. The van der Waals surface area contributed by atoms with Crippen molar-refractivity contribution in [2.75, 3.05) is 12.3 Å². The highest BCUT2D eigenvalue weighted by Crippen LogP contribution is 2.29. The fourth-order valence-corrected chi connectivity index (χ4v) is 3.33. The predicted octanol–water partition coefficient (Wildman–Crippen LogP) is 4.47. The summed E-state index contributed by atoms with van der Waals surface area (Å²) in [6.45, 7) is 4.55. The first kappa shape index (κ1) is 18.5. The van der Waals surface area contributed by atoms with E-state index in [1.807, 2.05) is 17.5 Å². The van der Waals surface area contributed by atoms with Crippen molar-refractivity contribution >= 4 is 29.0 Å². The van der Waals surface area contributed by atoms with Crippen LogP contribution in [-0.2, 0) is 17.5 Å². The summed E-state index contributed by atoms with van der Waals surface area (Å²) in [6, 6.07) is 6.10. The molecule has 0 saturated heterocycles. The molecule has 0 aromatic carbocycles. The molecule has 2 rings (SSSR count). The van der Waals surface area contributed by atoms with Gasteiger partial charge in [0.1, 0.15) is 0 Å². The van der Waals surface area contributed by atoms with E-state index in [-0.39, 0.29) is 11.7 Å². The van der Waals surface area contributed by atoms with E-state index in [1.54, 1.807) is 22.3 Å². The van der Waals surface area contributed by atoms with Crippen molar-refractivity contribution in [1.29, 1.82) is 0 Å². The predicted molar refractivity (Wildman–Crippen MR) is 89.9 cm³/mol. The molecule has 8 heteroatoms. The molecule has 0 radical (unpaired) electrons. The lowest BCUT2D eigenvalue weighted by Gasteiger charge is -2.20. The number of pyridine rings is 1. The summed E-state index contributed by atoms with van der Waals surface area (Å²) in [5.74, 6) is -0.00703. The van der Waals surface area contributed by atoms with Gasteiger partial charge in [0.25, 0.3) is 0 Å². The highest BCUT2D eigenvalue weighted by atomic mass is 32.2. The van der Waals surface area contributed by atoms with Crippen LogP contribution in [-0.4, -0.2) is 28.1 Å². The van der Waals surface area contributed by atoms with Gasteiger partial charge in [-0.25, -0.2) is 4.98 Å². The normalized spacial score (nSPS) is 11.3. The van der Waals surface area contributed by atoms with E-state index in [4.69, 9.17) is 0 Å². The summed E-state index contributed by atoms with van der Waals surface area (Å²) in [5.41, 5.74) is -0.802. The summed E-state index contributed by atoms with van der Waals surface area (Å²) in [6.07, 6.45) is -1.99. The number of alkyl halides is 3. The minimum atomic E-state index is -4.41. The molecular formula is C16H15F3N2OS2. The van der Waals surface area contributed by atoms with Gasteiger partial charge < -0.3 is 4.90 Å². The molecule has 0 aliphatic carbocycles. The number of aromatic nitrogens is 1. The van der Waals surface area contributed by atoms with Crippen LogP contribution in [0.15, 0.2) is 53.5 Å². The Morgan fingerprint density at radius 3 is 2.71 bits per heavy atom. The molecule has 0 atom stereocenters. The minimum Gasteiger partial charge on any atom is -0.333 e. The molecule has 3 nitrogen and oxygen atoms in total. The van der Waals surface area contributed by atoms with Crippen molar-refractivity contribution in [2.45, 2.75) is 17.7 Å². The number of nitrogens with zero attached hydrogens (tertiary/aromatic N) is 2. The van der Waals surface area contributed by atoms with E-state index in [0.717, 1.165) is 28.9 Å². The molecule has 0 N–H and O–H groups in total. The van der Waals surface area contributed by atoms with Crippen LogP contribution in [0.3, 0.4) is 0 Å². The van der Waals surface area contributed by atoms with Gasteiger partial charge in [0.15, 0.2) is 0 Å². The van der Waals surface area contributed by atoms with Crippen molar-refractivity contribution in [3.63, 3.8) is 0 Å². The lowest BCUT2D eigenvalue weighted by Crippen LogP contribution is -2.31. The average Bonchev–Trinajstić information content (AvgIpc) is 3.05. The average molecular weight is 372 g/mol. The van der Waals surface area contributed by atoms with Crippen LogP contribution in [0, 0.1) is 0 Å². The Balaban J connectivity index is 1.93. The van der Waals surface area contributed by atoms with E-state index >= 15 is 0 Å². The summed E-state index contributed by atoms with van der Waals surface area (Å²) >= 11 is 2.67. The maximum Gasteiger partial charge on any atom is 0.417 e. The third-order valence-corrected chi connectivity index (χ3v) is 4.83. The standard InChI is InChI=1S/C16H15F3N2OS2/c1-2-7-21(10-13-4-3-8-23-13)15(22)11-24-14-6-5-12(9-20-14)16(17,18)19/h2-6,8-9H,1,7,10-11H2. The molecule has 0 fully saturated rings. The van der Waals surface area contributed by atoms with Crippen LogP contribution < -0.4 is 0 Å². The smallest absolute Gasteiger partial charge is 0.333 e. The lowest BCUT2D eigenvalue weighted by atomic mass is 10.3. The zero-order chi connectivity index (χ0) is 17.6. The monoisotopic (exact) mass is 372 g/mol. The molecule has 24 heavy (non-hydrogen) atoms. The van der Waals surface area contributed by atoms with Gasteiger partial charge in [-0.3, -0.25) is 4.79 Å². The van der Waals surface area contributed by atoms with Crippen molar-refractivity contribution < 1.29 is 18.0 Å². The van der Waals surface area contributed by atoms with Gasteiger partial charge in [-0.1, -0.05) is 23.9 Å². The number of carbonyl (C=O) groups is 1. The van der Waals surface area contributed by atoms with Crippen molar-refractivity contribution in [3.8, 4) is 0 Å². The molecule has 2 aromatic rings. The third kappa shape index (κ3) is 5.38. The number of halogens is 3. The highest BCUT2D eigenvalue weighted by Gasteiger charge is 2.30. The molecule has 2 aromatic heterocycles. The molecule has 2 heterocycles. The van der Waals surface area contributed by atoms with Gasteiger partial charge in [-0.05, 0) is 23.6 Å². The van der Waals surface area contributed by atoms with Gasteiger partial charge in [0.05, 0.1) is 22.9 Å². The van der Waals surface area contributed by atoms with Gasteiger partial charge in [0.2, 0.25) is 5.91 Å². The number of carbonyl (C=O) groups excluding carboxylic acids is 1. The second-order valence-electron chi connectivity index (χ2n) is 4.81. The molecule has 0 unspecified atom stereocenters. The number of rotatable bonds is 7. The number of hydrogen-bond acceptors (Lipinski definition) is 4. The van der Waals surface area contributed by atoms with Crippen molar-refractivity contribution in [1.82, 2.24) is 9.88 Å². The largest absolute Gasteiger partial charge is 0.417 e. The van der Waals surface area contributed by atoms with Gasteiger partial charge in [0, 0.05) is 17.6 Å². The van der Waals surface area contributed by atoms with Crippen LogP contribution in [0.25, 0.3) is 0 Å². The van der Waals surface area contributed by atoms with Crippen molar-refractivity contribution in [3.05, 3.63) is 58.9 Å². The van der Waals surface area contributed by atoms with E-state index in [1.165, 1.54) is 6.07 Å². The SMILES string of the molecule is C=CCN(Cc1cccs1)C(=O)CSc1ccc(C(F)(F)F)cn1. The van der Waals surface area contributed by atoms with E-state index in [2.05, 4.69) is 11.6 Å². The Bertz CT molecular complexity index is 670. The summed E-state index contributed by atoms with van der Waals surface area (Å²) in [4.78, 5) is 18.8. The zero-order valence-corrected chi connectivity index (χ0v) is 14.3. The molecule has 1 amide bonds. The Hall–Kier alpha value is -1.80. The quantitative estimate of drug-likeness (QED) is 0.531. The number of thioether (sulfide) groups is 1. The Morgan fingerprint density at radius 2 is 2.17 bits per heavy atom. The topological polar surface area (TPSA) is 33.2 Å². The number of thiophene rings is 1. The molecule has 0 saturated carbocycles. The van der Waals surface area contributed by atoms with Crippen molar-refractivity contribution in [2.24, 2.45) is 0 Å². The molecular weight excluding hydrogens is 357 g/mol. The van der Waals surface area contributed by atoms with Crippen LogP contribution in [0.2, 0.25) is 0 Å². The molecule has 0 aliphatic heterocycles. The number of amides is 1. The van der Waals surface area contributed by atoms with Crippen LogP contribution >= 0.6 is 23.1 Å². The molecule has 0 bridgehead atoms. The maximum absolute atomic E-state index is 12.5. The van der Waals surface area contributed by atoms with Crippen LogP contribution in [0.5, 0.6) is 0 Å². The molecule has 0 spiro atoms. The van der Waals surface area contributed by atoms with E-state index in [0.29, 0.717) is 18.1 Å². The third-order valence-electron chi connectivity index (χ3n) is 3.04. The first-order valence-electron chi connectivity index (χ1n) is 6.97. The fourth-order valence-electron chi connectivity index (χ4n) is 1.86. The molecule has 0 aliphatic rings. The first-order valence-corrected chi connectivity index (χ1v) is 8.84. The Morgan fingerprint density at radius 1 is 1.38 bits per heavy atom.